The first-order chi connectivity index (χ1) is 20.7. The quantitative estimate of drug-likeness (QED) is 0.271. The van der Waals surface area contributed by atoms with Gasteiger partial charge in [-0.3, -0.25) is 13.9 Å². The number of rotatable bonds is 14. The number of carbonyl (C=O) groups is 2. The summed E-state index contributed by atoms with van der Waals surface area (Å²) in [4.78, 5) is 29.6. The summed E-state index contributed by atoms with van der Waals surface area (Å²) in [6, 6.07) is 23.9. The van der Waals surface area contributed by atoms with Gasteiger partial charge in [0.1, 0.15) is 11.8 Å². The summed E-state index contributed by atoms with van der Waals surface area (Å²) in [5.74, 6) is 0.294. The Morgan fingerprint density at radius 1 is 0.953 bits per heavy atom. The Hall–Kier alpha value is -3.85. The van der Waals surface area contributed by atoms with Gasteiger partial charge in [0, 0.05) is 32.0 Å². The number of hydrogen-bond acceptors (Lipinski definition) is 5. The van der Waals surface area contributed by atoms with Gasteiger partial charge in [-0.05, 0) is 67.1 Å². The highest BCUT2D eigenvalue weighted by atomic mass is 32.2. The summed E-state index contributed by atoms with van der Waals surface area (Å²) < 4.78 is 31.9. The molecular weight excluding hydrogens is 562 g/mol. The number of amides is 2. The third-order valence-corrected chi connectivity index (χ3v) is 9.28. The highest BCUT2D eigenvalue weighted by molar-refractivity contribution is 7.92. The van der Waals surface area contributed by atoms with Crippen molar-refractivity contribution in [2.24, 2.45) is 0 Å². The molecule has 1 fully saturated rings. The minimum Gasteiger partial charge on any atom is -0.497 e. The smallest absolute Gasteiger partial charge is 0.243 e. The second-order valence-electron chi connectivity index (χ2n) is 11.3. The summed E-state index contributed by atoms with van der Waals surface area (Å²) in [5.41, 5.74) is 3.49. The maximum Gasteiger partial charge on any atom is 0.243 e. The standard InChI is InChI=1S/C34H43N3O5S/c1-26-12-7-8-15-28(26)25-36(32(24-27-13-5-4-6-14-27)34(39)35-29-16-9-10-17-29)33(38)18-11-23-37(43(3,40)41)30-19-21-31(42-2)22-20-30/h4-8,12-15,19-22,29,32H,9-11,16-18,23-25H2,1-3H3,(H,35,39)/t32-/m1/s1. The van der Waals surface area contributed by atoms with Gasteiger partial charge in [0.05, 0.1) is 19.1 Å². The molecule has 0 saturated heterocycles. The van der Waals surface area contributed by atoms with Crippen LogP contribution in [0.2, 0.25) is 0 Å². The topological polar surface area (TPSA) is 96.0 Å². The van der Waals surface area contributed by atoms with E-state index in [1.807, 2.05) is 61.5 Å². The Labute approximate surface area is 256 Å². The van der Waals surface area contributed by atoms with E-state index in [1.54, 1.807) is 36.3 Å². The largest absolute Gasteiger partial charge is 0.497 e. The Morgan fingerprint density at radius 3 is 2.23 bits per heavy atom. The molecule has 3 aromatic carbocycles. The van der Waals surface area contributed by atoms with Crippen molar-refractivity contribution in [3.05, 3.63) is 95.6 Å². The zero-order valence-electron chi connectivity index (χ0n) is 25.4. The normalized spacial score (nSPS) is 14.2. The lowest BCUT2D eigenvalue weighted by Crippen LogP contribution is -2.52. The Morgan fingerprint density at radius 2 is 1.60 bits per heavy atom. The van der Waals surface area contributed by atoms with Crippen LogP contribution >= 0.6 is 0 Å². The van der Waals surface area contributed by atoms with Crippen molar-refractivity contribution in [2.75, 3.05) is 24.2 Å². The van der Waals surface area contributed by atoms with Crippen molar-refractivity contribution < 1.29 is 22.7 Å². The lowest BCUT2D eigenvalue weighted by atomic mass is 10.0. The van der Waals surface area contributed by atoms with Gasteiger partial charge < -0.3 is 15.0 Å². The zero-order valence-corrected chi connectivity index (χ0v) is 26.2. The van der Waals surface area contributed by atoms with Crippen molar-refractivity contribution >= 4 is 27.5 Å². The summed E-state index contributed by atoms with van der Waals surface area (Å²) in [6.07, 6.45) is 6.01. The molecule has 0 unspecified atom stereocenters. The lowest BCUT2D eigenvalue weighted by molar-refractivity contribution is -0.141. The minimum absolute atomic E-state index is 0.0933. The minimum atomic E-state index is -3.59. The van der Waals surface area contributed by atoms with Gasteiger partial charge in [-0.2, -0.15) is 0 Å². The highest BCUT2D eigenvalue weighted by Gasteiger charge is 2.32. The molecule has 1 saturated carbocycles. The average Bonchev–Trinajstić information content (AvgIpc) is 3.51. The predicted molar refractivity (Wildman–Crippen MR) is 170 cm³/mol. The number of nitrogens with one attached hydrogen (secondary N) is 1. The first kappa shape index (κ1) is 32.1. The number of hydrogen-bond donors (Lipinski definition) is 1. The summed E-state index contributed by atoms with van der Waals surface area (Å²) in [6.45, 7) is 2.42. The van der Waals surface area contributed by atoms with Crippen LogP contribution in [-0.2, 0) is 32.6 Å². The van der Waals surface area contributed by atoms with Crippen LogP contribution in [0.25, 0.3) is 0 Å². The first-order valence-corrected chi connectivity index (χ1v) is 16.8. The fourth-order valence-corrected chi connectivity index (χ4v) is 6.61. The Balaban J connectivity index is 1.58. The number of aryl methyl sites for hydroxylation is 1. The molecule has 0 aliphatic heterocycles. The predicted octanol–water partition coefficient (Wildman–Crippen LogP) is 5.25. The third kappa shape index (κ3) is 9.07. The zero-order chi connectivity index (χ0) is 30.8. The molecule has 4 rings (SSSR count). The van der Waals surface area contributed by atoms with E-state index in [1.165, 1.54) is 4.31 Å². The van der Waals surface area contributed by atoms with E-state index in [0.717, 1.165) is 48.6 Å². The fraction of sp³-hybridized carbons (Fsp3) is 0.412. The Kier molecular flexibility index (Phi) is 11.2. The average molecular weight is 606 g/mol. The number of carbonyl (C=O) groups excluding carboxylic acids is 2. The molecule has 0 heterocycles. The van der Waals surface area contributed by atoms with E-state index in [2.05, 4.69) is 5.32 Å². The van der Waals surface area contributed by atoms with Crippen LogP contribution in [0.5, 0.6) is 5.75 Å². The van der Waals surface area contributed by atoms with Gasteiger partial charge >= 0.3 is 0 Å². The van der Waals surface area contributed by atoms with Crippen LogP contribution in [0.1, 0.15) is 55.2 Å². The molecule has 2 amide bonds. The second-order valence-corrected chi connectivity index (χ2v) is 13.2. The molecule has 0 aromatic heterocycles. The maximum absolute atomic E-state index is 14.0. The molecule has 3 aromatic rings. The highest BCUT2D eigenvalue weighted by Crippen LogP contribution is 2.24. The SMILES string of the molecule is COc1ccc(N(CCCC(=O)N(Cc2ccccc2C)[C@H](Cc2ccccc2)C(=O)NC2CCCC2)S(C)(=O)=O)cc1. The van der Waals surface area contributed by atoms with Crippen LogP contribution in [0.3, 0.4) is 0 Å². The molecule has 9 heteroatoms. The van der Waals surface area contributed by atoms with Gasteiger partial charge in [-0.1, -0.05) is 67.4 Å². The molecular formula is C34H43N3O5S. The summed E-state index contributed by atoms with van der Waals surface area (Å²) >= 11 is 0. The first-order valence-electron chi connectivity index (χ1n) is 15.0. The molecule has 1 N–H and O–H groups in total. The van der Waals surface area contributed by atoms with E-state index in [9.17, 15) is 18.0 Å². The van der Waals surface area contributed by atoms with E-state index in [-0.39, 0.29) is 37.4 Å². The fourth-order valence-electron chi connectivity index (χ4n) is 5.64. The molecule has 0 spiro atoms. The molecule has 0 bridgehead atoms. The van der Waals surface area contributed by atoms with Gasteiger partial charge in [-0.25, -0.2) is 8.42 Å². The van der Waals surface area contributed by atoms with Crippen LogP contribution < -0.4 is 14.4 Å². The lowest BCUT2D eigenvalue weighted by Gasteiger charge is -2.33. The van der Waals surface area contributed by atoms with Crippen LogP contribution in [0, 0.1) is 6.92 Å². The van der Waals surface area contributed by atoms with E-state index < -0.39 is 16.1 Å². The molecule has 230 valence electrons. The molecule has 1 aliphatic rings. The van der Waals surface area contributed by atoms with E-state index in [0.29, 0.717) is 24.3 Å². The number of anilines is 1. The monoisotopic (exact) mass is 605 g/mol. The maximum atomic E-state index is 14.0. The van der Waals surface area contributed by atoms with Gasteiger partial charge in [0.2, 0.25) is 21.8 Å². The van der Waals surface area contributed by atoms with Crippen molar-refractivity contribution in [2.45, 2.75) is 70.5 Å². The molecule has 1 aliphatic carbocycles. The number of ether oxygens (including phenoxy) is 1. The van der Waals surface area contributed by atoms with Gasteiger partial charge in [-0.15, -0.1) is 0 Å². The summed E-state index contributed by atoms with van der Waals surface area (Å²) in [7, 11) is -2.04. The molecule has 0 radical (unpaired) electrons. The number of benzene rings is 3. The molecule has 1 atom stereocenters. The number of nitrogens with zero attached hydrogens (tertiary/aromatic N) is 2. The molecule has 8 nitrogen and oxygen atoms in total. The van der Waals surface area contributed by atoms with Gasteiger partial charge in [0.25, 0.3) is 0 Å². The van der Waals surface area contributed by atoms with E-state index >= 15 is 0 Å². The van der Waals surface area contributed by atoms with Crippen LogP contribution in [0.4, 0.5) is 5.69 Å². The van der Waals surface area contributed by atoms with E-state index in [4.69, 9.17) is 4.74 Å². The van der Waals surface area contributed by atoms with Gasteiger partial charge in [0.15, 0.2) is 0 Å². The van der Waals surface area contributed by atoms with Crippen LogP contribution in [0.15, 0.2) is 78.9 Å². The molecule has 43 heavy (non-hydrogen) atoms. The second kappa shape index (κ2) is 15.0. The number of methoxy groups -OCH3 is 1. The van der Waals surface area contributed by atoms with Crippen molar-refractivity contribution in [3.63, 3.8) is 0 Å². The Bertz CT molecular complexity index is 1450. The van der Waals surface area contributed by atoms with Crippen molar-refractivity contribution in [1.29, 1.82) is 0 Å². The van der Waals surface area contributed by atoms with Crippen molar-refractivity contribution in [3.8, 4) is 5.75 Å². The summed E-state index contributed by atoms with van der Waals surface area (Å²) in [5, 5.41) is 3.23. The van der Waals surface area contributed by atoms with Crippen LogP contribution in [-0.4, -0.2) is 57.1 Å². The van der Waals surface area contributed by atoms with Crippen molar-refractivity contribution in [1.82, 2.24) is 10.2 Å². The number of sulfonamides is 1. The third-order valence-electron chi connectivity index (χ3n) is 8.09.